The van der Waals surface area contributed by atoms with E-state index in [2.05, 4.69) is 15.4 Å². The molecule has 0 spiro atoms. The van der Waals surface area contributed by atoms with Crippen molar-refractivity contribution in [1.82, 2.24) is 25.0 Å². The summed E-state index contributed by atoms with van der Waals surface area (Å²) in [7, 11) is 1.56. The summed E-state index contributed by atoms with van der Waals surface area (Å²) in [6.45, 7) is 0.482. The summed E-state index contributed by atoms with van der Waals surface area (Å²) in [6.07, 6.45) is 1.36. The van der Waals surface area contributed by atoms with Crippen LogP contribution in [0.5, 0.6) is 0 Å². The quantitative estimate of drug-likeness (QED) is 0.731. The predicted molar refractivity (Wildman–Crippen MR) is 103 cm³/mol. The average molecular weight is 399 g/mol. The second-order valence-corrected chi connectivity index (χ2v) is 7.34. The molecule has 0 radical (unpaired) electrons. The van der Waals surface area contributed by atoms with E-state index in [1.165, 1.54) is 33.1 Å². The summed E-state index contributed by atoms with van der Waals surface area (Å²) in [5, 5.41) is 8.90. The van der Waals surface area contributed by atoms with Crippen LogP contribution in [0.2, 0.25) is 0 Å². The molecule has 4 rings (SSSR count). The van der Waals surface area contributed by atoms with E-state index in [1.807, 2.05) is 17.5 Å². The number of nitrogens with one attached hydrogen (secondary N) is 1. The fourth-order valence-electron chi connectivity index (χ4n) is 3.31. The smallest absolute Gasteiger partial charge is 0.294 e. The summed E-state index contributed by atoms with van der Waals surface area (Å²) in [4.78, 5) is 31.9. The standard InChI is InChI=1S/C19H18FN5O2S/c1-21-18(26)14-4-2-10-24(14)19(27)16-22-17(15-5-3-11-28-15)25(23-16)13-8-6-12(20)7-9-13/h3,5-9,11,14H,2,4,10H2,1H3,(H,21,26)/t14-/m0/s1. The molecule has 1 saturated heterocycles. The molecule has 1 aliphatic rings. The van der Waals surface area contributed by atoms with Crippen molar-refractivity contribution in [2.45, 2.75) is 18.9 Å². The normalized spacial score (nSPS) is 16.4. The number of carbonyl (C=O) groups excluding carboxylic acids is 2. The van der Waals surface area contributed by atoms with E-state index in [0.717, 1.165) is 11.3 Å². The van der Waals surface area contributed by atoms with Gasteiger partial charge in [0.05, 0.1) is 10.6 Å². The zero-order valence-corrected chi connectivity index (χ0v) is 15.9. The molecule has 7 nitrogen and oxygen atoms in total. The Morgan fingerprint density at radius 3 is 2.71 bits per heavy atom. The third kappa shape index (κ3) is 3.29. The first kappa shape index (κ1) is 18.3. The summed E-state index contributed by atoms with van der Waals surface area (Å²) >= 11 is 1.47. The van der Waals surface area contributed by atoms with Gasteiger partial charge in [-0.15, -0.1) is 16.4 Å². The lowest BCUT2D eigenvalue weighted by Crippen LogP contribution is -2.45. The Labute approximate surface area is 164 Å². The topological polar surface area (TPSA) is 80.1 Å². The molecule has 9 heteroatoms. The summed E-state index contributed by atoms with van der Waals surface area (Å²) in [5.41, 5.74) is 0.598. The van der Waals surface area contributed by atoms with E-state index in [-0.39, 0.29) is 23.5 Å². The zero-order chi connectivity index (χ0) is 19.7. The maximum absolute atomic E-state index is 13.3. The van der Waals surface area contributed by atoms with Gasteiger partial charge in [0.15, 0.2) is 5.82 Å². The van der Waals surface area contributed by atoms with E-state index in [0.29, 0.717) is 24.5 Å². The van der Waals surface area contributed by atoms with Gasteiger partial charge >= 0.3 is 0 Å². The molecule has 1 fully saturated rings. The van der Waals surface area contributed by atoms with E-state index in [4.69, 9.17) is 0 Å². The maximum atomic E-state index is 13.3. The Hall–Kier alpha value is -3.07. The number of likely N-dealkylation sites (tertiary alicyclic amines) is 1. The molecule has 2 aromatic heterocycles. The number of hydrogen-bond donors (Lipinski definition) is 1. The van der Waals surface area contributed by atoms with Crippen LogP contribution in [0.25, 0.3) is 16.4 Å². The third-order valence-corrected chi connectivity index (χ3v) is 5.54. The number of nitrogens with zero attached hydrogens (tertiary/aromatic N) is 4. The first-order chi connectivity index (χ1) is 13.6. The molecule has 1 aromatic carbocycles. The van der Waals surface area contributed by atoms with Crippen LogP contribution in [-0.2, 0) is 4.79 Å². The van der Waals surface area contributed by atoms with Gasteiger partial charge in [0.1, 0.15) is 11.9 Å². The number of likely N-dealkylation sites (N-methyl/N-ethyl adjacent to an activating group) is 1. The van der Waals surface area contributed by atoms with Crippen LogP contribution < -0.4 is 5.32 Å². The Morgan fingerprint density at radius 2 is 2.04 bits per heavy atom. The largest absolute Gasteiger partial charge is 0.357 e. The van der Waals surface area contributed by atoms with Crippen LogP contribution >= 0.6 is 11.3 Å². The SMILES string of the molecule is CNC(=O)[C@@H]1CCCN1C(=O)c1nc(-c2cccs2)n(-c2ccc(F)cc2)n1. The number of rotatable bonds is 4. The van der Waals surface area contributed by atoms with Crippen LogP contribution in [0.1, 0.15) is 23.5 Å². The number of carbonyl (C=O) groups is 2. The molecule has 1 N–H and O–H groups in total. The molecule has 144 valence electrons. The molecule has 0 unspecified atom stereocenters. The summed E-state index contributed by atoms with van der Waals surface area (Å²) < 4.78 is 14.9. The van der Waals surface area contributed by atoms with Gasteiger partial charge in [-0.05, 0) is 48.6 Å². The Morgan fingerprint density at radius 1 is 1.25 bits per heavy atom. The number of hydrogen-bond acceptors (Lipinski definition) is 5. The van der Waals surface area contributed by atoms with E-state index in [1.54, 1.807) is 19.2 Å². The molecule has 2 amide bonds. The van der Waals surface area contributed by atoms with Crippen molar-refractivity contribution >= 4 is 23.2 Å². The highest BCUT2D eigenvalue weighted by Gasteiger charge is 2.36. The van der Waals surface area contributed by atoms with Gasteiger partial charge in [-0.1, -0.05) is 6.07 Å². The Balaban J connectivity index is 1.74. The molecular formula is C19H18FN5O2S. The first-order valence-corrected chi connectivity index (χ1v) is 9.76. The van der Waals surface area contributed by atoms with Crippen LogP contribution in [0.15, 0.2) is 41.8 Å². The van der Waals surface area contributed by atoms with E-state index in [9.17, 15) is 14.0 Å². The molecule has 3 heterocycles. The minimum Gasteiger partial charge on any atom is -0.357 e. The molecule has 0 aliphatic carbocycles. The van der Waals surface area contributed by atoms with Gasteiger partial charge in [0.2, 0.25) is 11.7 Å². The van der Waals surface area contributed by atoms with Crippen LogP contribution in [-0.4, -0.2) is 51.1 Å². The second kappa shape index (κ2) is 7.51. The lowest BCUT2D eigenvalue weighted by atomic mass is 10.2. The molecule has 0 saturated carbocycles. The number of halogens is 1. The Bertz CT molecular complexity index is 1000. The third-order valence-electron chi connectivity index (χ3n) is 4.67. The van der Waals surface area contributed by atoms with E-state index >= 15 is 0 Å². The lowest BCUT2D eigenvalue weighted by Gasteiger charge is -2.21. The highest BCUT2D eigenvalue weighted by molar-refractivity contribution is 7.13. The van der Waals surface area contributed by atoms with Crippen molar-refractivity contribution in [2.75, 3.05) is 13.6 Å². The molecular weight excluding hydrogens is 381 g/mol. The van der Waals surface area contributed by atoms with Gasteiger partial charge in [0, 0.05) is 13.6 Å². The molecule has 1 aliphatic heterocycles. The van der Waals surface area contributed by atoms with Crippen molar-refractivity contribution in [3.8, 4) is 16.4 Å². The van der Waals surface area contributed by atoms with Gasteiger partial charge in [0.25, 0.3) is 5.91 Å². The minimum atomic E-state index is -0.513. The van der Waals surface area contributed by atoms with Crippen molar-refractivity contribution < 1.29 is 14.0 Å². The fourth-order valence-corrected chi connectivity index (χ4v) is 4.01. The number of benzene rings is 1. The van der Waals surface area contributed by atoms with Crippen LogP contribution in [0.4, 0.5) is 4.39 Å². The van der Waals surface area contributed by atoms with Gasteiger partial charge in [-0.25, -0.2) is 14.1 Å². The molecule has 0 bridgehead atoms. The maximum Gasteiger partial charge on any atom is 0.294 e. The minimum absolute atomic E-state index is 0.0172. The number of aromatic nitrogens is 3. The van der Waals surface area contributed by atoms with Gasteiger partial charge < -0.3 is 10.2 Å². The monoisotopic (exact) mass is 399 g/mol. The number of amides is 2. The van der Waals surface area contributed by atoms with E-state index < -0.39 is 6.04 Å². The van der Waals surface area contributed by atoms with Crippen LogP contribution in [0.3, 0.4) is 0 Å². The van der Waals surface area contributed by atoms with Crippen molar-refractivity contribution in [2.24, 2.45) is 0 Å². The second-order valence-electron chi connectivity index (χ2n) is 6.40. The molecule has 28 heavy (non-hydrogen) atoms. The highest BCUT2D eigenvalue weighted by atomic mass is 32.1. The molecule has 3 aromatic rings. The predicted octanol–water partition coefficient (Wildman–Crippen LogP) is 2.49. The first-order valence-electron chi connectivity index (χ1n) is 8.88. The fraction of sp³-hybridized carbons (Fsp3) is 0.263. The number of thiophene rings is 1. The van der Waals surface area contributed by atoms with Crippen molar-refractivity contribution in [3.63, 3.8) is 0 Å². The van der Waals surface area contributed by atoms with Gasteiger partial charge in [-0.3, -0.25) is 9.59 Å². The summed E-state index contributed by atoms with van der Waals surface area (Å²) in [6, 6.07) is 9.08. The molecule has 1 atom stereocenters. The lowest BCUT2D eigenvalue weighted by molar-refractivity contribution is -0.124. The van der Waals surface area contributed by atoms with Crippen molar-refractivity contribution in [1.29, 1.82) is 0 Å². The summed E-state index contributed by atoms with van der Waals surface area (Å²) in [5.74, 6) is -0.417. The van der Waals surface area contributed by atoms with Crippen molar-refractivity contribution in [3.05, 3.63) is 53.4 Å². The van der Waals surface area contributed by atoms with Gasteiger partial charge in [-0.2, -0.15) is 0 Å². The zero-order valence-electron chi connectivity index (χ0n) is 15.1. The average Bonchev–Trinajstić information content (AvgIpc) is 3.47. The highest BCUT2D eigenvalue weighted by Crippen LogP contribution is 2.27. The Kier molecular flexibility index (Phi) is 4.91. The van der Waals surface area contributed by atoms with Crippen LogP contribution in [0, 0.1) is 5.82 Å².